The highest BCUT2D eigenvalue weighted by molar-refractivity contribution is 14.0. The van der Waals surface area contributed by atoms with Gasteiger partial charge in [-0.3, -0.25) is 9.79 Å². The molecule has 142 valence electrons. The minimum Gasteiger partial charge on any atom is -0.357 e. The third-order valence-electron chi connectivity index (χ3n) is 4.39. The van der Waals surface area contributed by atoms with Crippen LogP contribution in [0.5, 0.6) is 0 Å². The Morgan fingerprint density at radius 2 is 1.88 bits per heavy atom. The summed E-state index contributed by atoms with van der Waals surface area (Å²) in [5.74, 6) is 1.79. The second kappa shape index (κ2) is 11.9. The van der Waals surface area contributed by atoms with Gasteiger partial charge < -0.3 is 16.0 Å². The standard InChI is InChI=1S/C18H36N4O.HI/c1-6-14-9-8-10-15(13-14)22-17(19-7-2)21-12-11-20-16(23)18(3,4)5;/h14-15H,6-13H2,1-5H3,(H,20,23)(H2,19,21,22);1H. The van der Waals surface area contributed by atoms with E-state index < -0.39 is 0 Å². The van der Waals surface area contributed by atoms with E-state index >= 15 is 0 Å². The normalized spacial score (nSPS) is 21.6. The number of nitrogens with one attached hydrogen (secondary N) is 3. The second-order valence-corrected chi connectivity index (χ2v) is 7.55. The lowest BCUT2D eigenvalue weighted by molar-refractivity contribution is -0.128. The molecule has 24 heavy (non-hydrogen) atoms. The summed E-state index contributed by atoms with van der Waals surface area (Å²) in [6.45, 7) is 12.2. The molecule has 1 saturated carbocycles. The highest BCUT2D eigenvalue weighted by Crippen LogP contribution is 2.26. The maximum Gasteiger partial charge on any atom is 0.225 e. The summed E-state index contributed by atoms with van der Waals surface area (Å²) in [5, 5.41) is 9.81. The molecule has 1 rings (SSSR count). The molecule has 6 heteroatoms. The summed E-state index contributed by atoms with van der Waals surface area (Å²) in [6, 6.07) is 0.524. The molecule has 0 aromatic carbocycles. The van der Waals surface area contributed by atoms with Crippen LogP contribution in [-0.2, 0) is 4.79 Å². The molecule has 1 amide bonds. The third kappa shape index (κ3) is 9.08. The Morgan fingerprint density at radius 1 is 1.17 bits per heavy atom. The minimum atomic E-state index is -0.344. The number of aliphatic imine (C=N–C) groups is 1. The second-order valence-electron chi connectivity index (χ2n) is 7.55. The zero-order valence-electron chi connectivity index (χ0n) is 16.1. The molecule has 2 unspecified atom stereocenters. The monoisotopic (exact) mass is 452 g/mol. The molecule has 5 nitrogen and oxygen atoms in total. The van der Waals surface area contributed by atoms with Crippen LogP contribution in [0.25, 0.3) is 0 Å². The smallest absolute Gasteiger partial charge is 0.225 e. The quantitative estimate of drug-likeness (QED) is 0.251. The van der Waals surface area contributed by atoms with Gasteiger partial charge >= 0.3 is 0 Å². The van der Waals surface area contributed by atoms with Gasteiger partial charge in [0.1, 0.15) is 0 Å². The SMILES string of the molecule is CCNC(=NCCNC(=O)C(C)(C)C)NC1CCCC(CC)C1.I. The molecule has 1 aliphatic rings. The highest BCUT2D eigenvalue weighted by atomic mass is 127. The predicted molar refractivity (Wildman–Crippen MR) is 113 cm³/mol. The lowest BCUT2D eigenvalue weighted by Gasteiger charge is -2.30. The molecule has 0 saturated heterocycles. The van der Waals surface area contributed by atoms with Crippen LogP contribution in [0, 0.1) is 11.3 Å². The molecule has 1 aliphatic carbocycles. The Hall–Kier alpha value is -0.530. The average Bonchev–Trinajstić information content (AvgIpc) is 2.50. The van der Waals surface area contributed by atoms with Crippen molar-refractivity contribution in [3.05, 3.63) is 0 Å². The number of carbonyl (C=O) groups excluding carboxylic acids is 1. The van der Waals surface area contributed by atoms with Crippen LogP contribution in [-0.4, -0.2) is 37.5 Å². The summed E-state index contributed by atoms with van der Waals surface area (Å²) in [7, 11) is 0. The van der Waals surface area contributed by atoms with E-state index in [1.807, 2.05) is 20.8 Å². The number of rotatable bonds is 6. The number of guanidine groups is 1. The van der Waals surface area contributed by atoms with Crippen LogP contribution >= 0.6 is 24.0 Å². The van der Waals surface area contributed by atoms with Crippen molar-refractivity contribution in [2.45, 2.75) is 72.8 Å². The Bertz CT molecular complexity index is 393. The fourth-order valence-electron chi connectivity index (χ4n) is 2.91. The van der Waals surface area contributed by atoms with Gasteiger partial charge in [-0.05, 0) is 25.7 Å². The summed E-state index contributed by atoms with van der Waals surface area (Å²) in [5.41, 5.74) is -0.344. The Balaban J connectivity index is 0.00000529. The van der Waals surface area contributed by atoms with Crippen molar-refractivity contribution in [3.63, 3.8) is 0 Å². The fraction of sp³-hybridized carbons (Fsp3) is 0.889. The van der Waals surface area contributed by atoms with Crippen LogP contribution in [0.2, 0.25) is 0 Å². The minimum absolute atomic E-state index is 0. The van der Waals surface area contributed by atoms with Crippen molar-refractivity contribution in [2.75, 3.05) is 19.6 Å². The van der Waals surface area contributed by atoms with Gasteiger partial charge in [-0.25, -0.2) is 0 Å². The van der Waals surface area contributed by atoms with Gasteiger partial charge in [-0.15, -0.1) is 24.0 Å². The van der Waals surface area contributed by atoms with E-state index in [-0.39, 0.29) is 35.3 Å². The zero-order valence-corrected chi connectivity index (χ0v) is 18.4. The Kier molecular flexibility index (Phi) is 11.7. The van der Waals surface area contributed by atoms with Crippen molar-refractivity contribution in [1.82, 2.24) is 16.0 Å². The molecule has 0 spiro atoms. The molecule has 2 atom stereocenters. The highest BCUT2D eigenvalue weighted by Gasteiger charge is 2.22. The first-order chi connectivity index (χ1) is 10.9. The molecular weight excluding hydrogens is 415 g/mol. The van der Waals surface area contributed by atoms with Crippen molar-refractivity contribution < 1.29 is 4.79 Å². The zero-order chi connectivity index (χ0) is 17.3. The van der Waals surface area contributed by atoms with Gasteiger partial charge in [0.05, 0.1) is 6.54 Å². The van der Waals surface area contributed by atoms with Crippen molar-refractivity contribution >= 4 is 35.8 Å². The lowest BCUT2D eigenvalue weighted by Crippen LogP contribution is -2.45. The van der Waals surface area contributed by atoms with Gasteiger partial charge in [-0.2, -0.15) is 0 Å². The molecular formula is C18H37IN4O. The van der Waals surface area contributed by atoms with Gasteiger partial charge in [0, 0.05) is 24.5 Å². The van der Waals surface area contributed by atoms with Crippen molar-refractivity contribution in [1.29, 1.82) is 0 Å². The van der Waals surface area contributed by atoms with Gasteiger partial charge in [0.25, 0.3) is 0 Å². The molecule has 1 fully saturated rings. The summed E-state index contributed by atoms with van der Waals surface area (Å²) in [4.78, 5) is 16.4. The number of carbonyl (C=O) groups is 1. The average molecular weight is 452 g/mol. The van der Waals surface area contributed by atoms with E-state index in [9.17, 15) is 4.79 Å². The molecule has 0 aromatic rings. The number of nitrogens with zero attached hydrogens (tertiary/aromatic N) is 1. The summed E-state index contributed by atoms with van der Waals surface area (Å²) in [6.07, 6.45) is 6.40. The molecule has 0 heterocycles. The Morgan fingerprint density at radius 3 is 2.46 bits per heavy atom. The summed E-state index contributed by atoms with van der Waals surface area (Å²) >= 11 is 0. The van der Waals surface area contributed by atoms with E-state index in [0.717, 1.165) is 18.4 Å². The number of hydrogen-bond donors (Lipinski definition) is 3. The topological polar surface area (TPSA) is 65.5 Å². The maximum atomic E-state index is 11.8. The van der Waals surface area contributed by atoms with Crippen LogP contribution in [0.4, 0.5) is 0 Å². The number of amides is 1. The summed E-state index contributed by atoms with van der Waals surface area (Å²) < 4.78 is 0. The largest absolute Gasteiger partial charge is 0.357 e. The fourth-order valence-corrected chi connectivity index (χ4v) is 2.91. The molecule has 0 aromatic heterocycles. The first kappa shape index (κ1) is 23.5. The van der Waals surface area contributed by atoms with E-state index in [0.29, 0.717) is 19.1 Å². The third-order valence-corrected chi connectivity index (χ3v) is 4.39. The molecule has 3 N–H and O–H groups in total. The van der Waals surface area contributed by atoms with Gasteiger partial charge in [0.15, 0.2) is 5.96 Å². The van der Waals surface area contributed by atoms with Crippen LogP contribution in [0.1, 0.15) is 66.7 Å². The van der Waals surface area contributed by atoms with Crippen LogP contribution < -0.4 is 16.0 Å². The number of hydrogen-bond acceptors (Lipinski definition) is 2. The predicted octanol–water partition coefficient (Wildman–Crippen LogP) is 3.29. The maximum absolute atomic E-state index is 11.8. The van der Waals surface area contributed by atoms with Crippen molar-refractivity contribution in [2.24, 2.45) is 16.3 Å². The van der Waals surface area contributed by atoms with E-state index in [1.54, 1.807) is 0 Å². The first-order valence-corrected chi connectivity index (χ1v) is 9.20. The van der Waals surface area contributed by atoms with E-state index in [2.05, 4.69) is 34.8 Å². The lowest BCUT2D eigenvalue weighted by atomic mass is 9.84. The molecule has 0 radical (unpaired) electrons. The van der Waals surface area contributed by atoms with Crippen LogP contribution in [0.15, 0.2) is 4.99 Å². The van der Waals surface area contributed by atoms with Gasteiger partial charge in [-0.1, -0.05) is 47.0 Å². The Labute approximate surface area is 165 Å². The number of halogens is 1. The van der Waals surface area contributed by atoms with E-state index in [1.165, 1.54) is 32.1 Å². The van der Waals surface area contributed by atoms with Gasteiger partial charge in [0.2, 0.25) is 5.91 Å². The molecule has 0 aliphatic heterocycles. The first-order valence-electron chi connectivity index (χ1n) is 9.20. The van der Waals surface area contributed by atoms with Crippen LogP contribution in [0.3, 0.4) is 0 Å². The van der Waals surface area contributed by atoms with E-state index in [4.69, 9.17) is 0 Å². The molecule has 0 bridgehead atoms. The van der Waals surface area contributed by atoms with Crippen molar-refractivity contribution in [3.8, 4) is 0 Å².